The molecule has 2 N–H and O–H groups in total. The van der Waals surface area contributed by atoms with Crippen LogP contribution in [0.5, 0.6) is 0 Å². The van der Waals surface area contributed by atoms with Crippen molar-refractivity contribution in [2.24, 2.45) is 5.73 Å². The van der Waals surface area contributed by atoms with Gasteiger partial charge in [0.2, 0.25) is 0 Å². The molecule has 4 heteroatoms. The van der Waals surface area contributed by atoms with E-state index in [9.17, 15) is 0 Å². The third-order valence-corrected chi connectivity index (χ3v) is 5.04. The van der Waals surface area contributed by atoms with Crippen molar-refractivity contribution in [1.82, 2.24) is 4.90 Å². The van der Waals surface area contributed by atoms with Crippen LogP contribution in [-0.4, -0.2) is 23.5 Å². The van der Waals surface area contributed by atoms with Gasteiger partial charge in [-0.2, -0.15) is 0 Å². The zero-order valence-corrected chi connectivity index (χ0v) is 13.9. The minimum Gasteiger partial charge on any atom is -0.329 e. The fraction of sp³-hybridized carbons (Fsp3) is 0.600. The zero-order valence-electron chi connectivity index (χ0n) is 11.6. The van der Waals surface area contributed by atoms with Crippen LogP contribution < -0.4 is 5.73 Å². The second kappa shape index (κ2) is 6.57. The molecule has 1 aromatic carbocycles. The van der Waals surface area contributed by atoms with Crippen molar-refractivity contribution >= 4 is 27.5 Å². The highest BCUT2D eigenvalue weighted by Gasteiger charge is 2.31. The standard InChI is InChI=1S/C15H22BrClN2/c1-10-4-3-5-13(9-18)19(10)11(2)14-7-6-12(16)8-15(14)17/h6-8,10-11,13H,3-5,9,18H2,1-2H3. The summed E-state index contributed by atoms with van der Waals surface area (Å²) in [5.74, 6) is 0. The van der Waals surface area contributed by atoms with Crippen LogP contribution in [0.25, 0.3) is 0 Å². The fourth-order valence-corrected chi connectivity index (χ4v) is 4.08. The molecule has 1 fully saturated rings. The van der Waals surface area contributed by atoms with Crippen molar-refractivity contribution in [3.63, 3.8) is 0 Å². The first kappa shape index (κ1) is 15.3. The quantitative estimate of drug-likeness (QED) is 0.881. The van der Waals surface area contributed by atoms with E-state index in [-0.39, 0.29) is 0 Å². The number of halogens is 2. The van der Waals surface area contributed by atoms with Crippen LogP contribution in [0.2, 0.25) is 5.02 Å². The van der Waals surface area contributed by atoms with E-state index in [1.54, 1.807) is 0 Å². The minimum absolute atomic E-state index is 0.310. The van der Waals surface area contributed by atoms with Crippen molar-refractivity contribution in [3.05, 3.63) is 33.3 Å². The van der Waals surface area contributed by atoms with Gasteiger partial charge < -0.3 is 5.73 Å². The molecule has 19 heavy (non-hydrogen) atoms. The van der Waals surface area contributed by atoms with E-state index in [1.807, 2.05) is 6.07 Å². The molecule has 2 nitrogen and oxygen atoms in total. The molecule has 1 aromatic rings. The SMILES string of the molecule is CC1CCCC(CN)N1C(C)c1ccc(Br)cc1Cl. The maximum atomic E-state index is 6.39. The van der Waals surface area contributed by atoms with E-state index in [2.05, 4.69) is 46.8 Å². The molecule has 1 saturated heterocycles. The van der Waals surface area contributed by atoms with Crippen molar-refractivity contribution in [3.8, 4) is 0 Å². The second-order valence-electron chi connectivity index (χ2n) is 5.46. The number of rotatable bonds is 3. The molecule has 0 aromatic heterocycles. The van der Waals surface area contributed by atoms with Gasteiger partial charge in [0.1, 0.15) is 0 Å². The Labute approximate surface area is 129 Å². The van der Waals surface area contributed by atoms with Crippen molar-refractivity contribution < 1.29 is 0 Å². The summed E-state index contributed by atoms with van der Waals surface area (Å²) in [5.41, 5.74) is 7.14. The van der Waals surface area contributed by atoms with Crippen LogP contribution in [0.3, 0.4) is 0 Å². The van der Waals surface area contributed by atoms with Gasteiger partial charge in [-0.1, -0.05) is 40.0 Å². The van der Waals surface area contributed by atoms with Crippen LogP contribution in [0.1, 0.15) is 44.7 Å². The third-order valence-electron chi connectivity index (χ3n) is 4.22. The van der Waals surface area contributed by atoms with E-state index < -0.39 is 0 Å². The lowest BCUT2D eigenvalue weighted by Gasteiger charge is -2.44. The van der Waals surface area contributed by atoms with Gasteiger partial charge in [-0.25, -0.2) is 0 Å². The highest BCUT2D eigenvalue weighted by molar-refractivity contribution is 9.10. The molecule has 0 saturated carbocycles. The Morgan fingerprint density at radius 2 is 2.21 bits per heavy atom. The Kier molecular flexibility index (Phi) is 5.29. The van der Waals surface area contributed by atoms with Gasteiger partial charge in [0.05, 0.1) is 0 Å². The molecule has 0 amide bonds. The molecule has 0 aliphatic carbocycles. The predicted molar refractivity (Wildman–Crippen MR) is 85.6 cm³/mol. The molecular formula is C15H22BrClN2. The molecule has 0 bridgehead atoms. The monoisotopic (exact) mass is 344 g/mol. The molecule has 0 spiro atoms. The molecule has 1 aliphatic heterocycles. The Morgan fingerprint density at radius 1 is 1.47 bits per heavy atom. The molecule has 0 radical (unpaired) electrons. The summed E-state index contributed by atoms with van der Waals surface area (Å²) >= 11 is 9.86. The Bertz CT molecular complexity index is 438. The van der Waals surface area contributed by atoms with Gasteiger partial charge >= 0.3 is 0 Å². The van der Waals surface area contributed by atoms with Gasteiger partial charge in [-0.15, -0.1) is 0 Å². The van der Waals surface area contributed by atoms with E-state index in [1.165, 1.54) is 24.8 Å². The molecule has 1 heterocycles. The van der Waals surface area contributed by atoms with Crippen molar-refractivity contribution in [2.75, 3.05) is 6.54 Å². The smallest absolute Gasteiger partial charge is 0.0465 e. The Balaban J connectivity index is 2.27. The van der Waals surface area contributed by atoms with Gasteiger partial charge in [-0.3, -0.25) is 4.90 Å². The summed E-state index contributed by atoms with van der Waals surface area (Å²) < 4.78 is 1.02. The lowest BCUT2D eigenvalue weighted by Crippen LogP contribution is -2.49. The lowest BCUT2D eigenvalue weighted by molar-refractivity contribution is 0.0571. The number of nitrogens with zero attached hydrogens (tertiary/aromatic N) is 1. The minimum atomic E-state index is 0.310. The Hall–Kier alpha value is -0.0900. The number of hydrogen-bond acceptors (Lipinski definition) is 2. The largest absolute Gasteiger partial charge is 0.329 e. The van der Waals surface area contributed by atoms with Crippen LogP contribution in [-0.2, 0) is 0 Å². The second-order valence-corrected chi connectivity index (χ2v) is 6.78. The first-order chi connectivity index (χ1) is 9.04. The number of hydrogen-bond donors (Lipinski definition) is 1. The van der Waals surface area contributed by atoms with E-state index in [0.29, 0.717) is 18.1 Å². The number of likely N-dealkylation sites (tertiary alicyclic amines) is 1. The highest BCUT2D eigenvalue weighted by atomic mass is 79.9. The highest BCUT2D eigenvalue weighted by Crippen LogP contribution is 2.35. The van der Waals surface area contributed by atoms with Crippen LogP contribution >= 0.6 is 27.5 Å². The fourth-order valence-electron chi connectivity index (χ4n) is 3.25. The van der Waals surface area contributed by atoms with Crippen molar-refractivity contribution in [2.45, 2.75) is 51.2 Å². The molecule has 1 aliphatic rings. The summed E-state index contributed by atoms with van der Waals surface area (Å²) in [5, 5.41) is 0.829. The zero-order chi connectivity index (χ0) is 14.0. The summed E-state index contributed by atoms with van der Waals surface area (Å²) in [7, 11) is 0. The van der Waals surface area contributed by atoms with Crippen LogP contribution in [0.15, 0.2) is 22.7 Å². The van der Waals surface area contributed by atoms with Gasteiger partial charge in [0, 0.05) is 34.2 Å². The third kappa shape index (κ3) is 3.33. The first-order valence-corrected chi connectivity index (χ1v) is 8.14. The number of benzene rings is 1. The summed E-state index contributed by atoms with van der Waals surface area (Å²) in [6, 6.07) is 7.50. The normalized spacial score (nSPS) is 26.4. The molecule has 2 rings (SSSR count). The van der Waals surface area contributed by atoms with Crippen LogP contribution in [0.4, 0.5) is 0 Å². The maximum Gasteiger partial charge on any atom is 0.0465 e. The lowest BCUT2D eigenvalue weighted by atomic mass is 9.92. The molecule has 3 atom stereocenters. The van der Waals surface area contributed by atoms with E-state index in [0.717, 1.165) is 16.0 Å². The summed E-state index contributed by atoms with van der Waals surface area (Å²) in [6.45, 7) is 5.26. The number of nitrogens with two attached hydrogens (primary N) is 1. The van der Waals surface area contributed by atoms with Gasteiger partial charge in [-0.05, 0) is 44.4 Å². The first-order valence-electron chi connectivity index (χ1n) is 6.97. The topological polar surface area (TPSA) is 29.3 Å². The van der Waals surface area contributed by atoms with Crippen molar-refractivity contribution in [1.29, 1.82) is 0 Å². The van der Waals surface area contributed by atoms with Gasteiger partial charge in [0.15, 0.2) is 0 Å². The summed E-state index contributed by atoms with van der Waals surface area (Å²) in [4.78, 5) is 2.54. The predicted octanol–water partition coefficient (Wildman–Crippen LogP) is 4.37. The average molecular weight is 346 g/mol. The van der Waals surface area contributed by atoms with Gasteiger partial charge in [0.25, 0.3) is 0 Å². The average Bonchev–Trinajstić information content (AvgIpc) is 2.37. The summed E-state index contributed by atoms with van der Waals surface area (Å²) in [6.07, 6.45) is 3.72. The molecule has 3 unspecified atom stereocenters. The number of piperidine rings is 1. The van der Waals surface area contributed by atoms with Crippen LogP contribution in [0, 0.1) is 0 Å². The van der Waals surface area contributed by atoms with E-state index in [4.69, 9.17) is 17.3 Å². The molecular weight excluding hydrogens is 324 g/mol. The molecule has 106 valence electrons. The van der Waals surface area contributed by atoms with E-state index >= 15 is 0 Å². The maximum absolute atomic E-state index is 6.39. The Morgan fingerprint density at radius 3 is 2.84 bits per heavy atom.